The molecule has 2 N–H and O–H groups in total. The highest BCUT2D eigenvalue weighted by molar-refractivity contribution is 14.1. The maximum atomic E-state index is 6.19. The fourth-order valence-electron chi connectivity index (χ4n) is 1.61. The molecule has 0 aliphatic rings. The van der Waals surface area contributed by atoms with Gasteiger partial charge in [-0.25, -0.2) is 0 Å². The molecule has 18 heavy (non-hydrogen) atoms. The van der Waals surface area contributed by atoms with Crippen molar-refractivity contribution in [3.63, 3.8) is 0 Å². The minimum Gasteiger partial charge on any atom is -0.456 e. The fourth-order valence-corrected chi connectivity index (χ4v) is 2.36. The zero-order chi connectivity index (χ0) is 13.0. The van der Waals surface area contributed by atoms with Crippen molar-refractivity contribution < 1.29 is 4.74 Å². The van der Waals surface area contributed by atoms with E-state index >= 15 is 0 Å². The number of ether oxygens (including phenoxy) is 1. The molecule has 0 aliphatic carbocycles. The molecule has 0 aromatic heterocycles. The summed E-state index contributed by atoms with van der Waals surface area (Å²) >= 11 is 8.43. The molecule has 0 aliphatic heterocycles. The van der Waals surface area contributed by atoms with Crippen LogP contribution in [0.15, 0.2) is 42.5 Å². The lowest BCUT2D eigenvalue weighted by atomic mass is 10.1. The van der Waals surface area contributed by atoms with Crippen LogP contribution in [0.1, 0.15) is 5.56 Å². The first-order valence-electron chi connectivity index (χ1n) is 5.61. The summed E-state index contributed by atoms with van der Waals surface area (Å²) in [4.78, 5) is 0. The van der Waals surface area contributed by atoms with E-state index in [0.29, 0.717) is 17.3 Å². The second-order valence-electron chi connectivity index (χ2n) is 3.86. The Morgan fingerprint density at radius 1 is 1.17 bits per heavy atom. The monoisotopic (exact) mass is 373 g/mol. The van der Waals surface area contributed by atoms with E-state index in [-0.39, 0.29) is 0 Å². The molecular weight excluding hydrogens is 361 g/mol. The molecule has 2 nitrogen and oxygen atoms in total. The van der Waals surface area contributed by atoms with Gasteiger partial charge in [-0.3, -0.25) is 0 Å². The average Bonchev–Trinajstić information content (AvgIpc) is 2.33. The van der Waals surface area contributed by atoms with E-state index in [4.69, 9.17) is 22.1 Å². The number of halogens is 2. The second-order valence-corrected chi connectivity index (χ2v) is 5.52. The minimum absolute atomic E-state index is 0.611. The van der Waals surface area contributed by atoms with E-state index in [9.17, 15) is 0 Å². The summed E-state index contributed by atoms with van der Waals surface area (Å²) in [6.45, 7) is 0.618. The molecule has 0 unspecified atom stereocenters. The third kappa shape index (κ3) is 3.60. The van der Waals surface area contributed by atoms with Gasteiger partial charge in [-0.2, -0.15) is 0 Å². The number of rotatable bonds is 4. The van der Waals surface area contributed by atoms with Gasteiger partial charge in [-0.1, -0.05) is 23.7 Å². The molecule has 0 saturated heterocycles. The smallest absolute Gasteiger partial charge is 0.146 e. The van der Waals surface area contributed by atoms with Gasteiger partial charge < -0.3 is 10.5 Å². The molecule has 2 rings (SSSR count). The Bertz CT molecular complexity index is 545. The van der Waals surface area contributed by atoms with Crippen LogP contribution in [0.5, 0.6) is 11.5 Å². The number of nitrogens with two attached hydrogens (primary N) is 1. The van der Waals surface area contributed by atoms with Gasteiger partial charge in [0.05, 0.1) is 5.02 Å². The van der Waals surface area contributed by atoms with Crippen LogP contribution in [0, 0.1) is 3.57 Å². The van der Waals surface area contributed by atoms with Crippen molar-refractivity contribution in [3.05, 3.63) is 56.6 Å². The molecule has 0 spiro atoms. The predicted molar refractivity (Wildman–Crippen MR) is 83.4 cm³/mol. The normalized spacial score (nSPS) is 10.4. The zero-order valence-electron chi connectivity index (χ0n) is 9.70. The van der Waals surface area contributed by atoms with Gasteiger partial charge in [0.15, 0.2) is 0 Å². The van der Waals surface area contributed by atoms with Crippen molar-refractivity contribution in [2.75, 3.05) is 6.54 Å². The van der Waals surface area contributed by atoms with E-state index in [1.54, 1.807) is 0 Å². The van der Waals surface area contributed by atoms with Crippen molar-refractivity contribution in [1.29, 1.82) is 0 Å². The first kappa shape index (κ1) is 13.6. The Balaban J connectivity index is 2.19. The van der Waals surface area contributed by atoms with Gasteiger partial charge in [-0.05, 0) is 71.5 Å². The van der Waals surface area contributed by atoms with Crippen LogP contribution in [-0.4, -0.2) is 6.54 Å². The molecule has 0 radical (unpaired) electrons. The average molecular weight is 374 g/mol. The predicted octanol–water partition coefficient (Wildman–Crippen LogP) is 4.24. The van der Waals surface area contributed by atoms with Crippen molar-refractivity contribution >= 4 is 34.2 Å². The van der Waals surface area contributed by atoms with Crippen molar-refractivity contribution in [2.24, 2.45) is 5.73 Å². The van der Waals surface area contributed by atoms with Crippen LogP contribution < -0.4 is 10.5 Å². The lowest BCUT2D eigenvalue weighted by Crippen LogP contribution is -2.02. The largest absolute Gasteiger partial charge is 0.456 e. The van der Waals surface area contributed by atoms with Crippen LogP contribution in [0.3, 0.4) is 0 Å². The summed E-state index contributed by atoms with van der Waals surface area (Å²) < 4.78 is 6.88. The van der Waals surface area contributed by atoms with Crippen LogP contribution >= 0.6 is 34.2 Å². The van der Waals surface area contributed by atoms with Crippen LogP contribution in [0.4, 0.5) is 0 Å². The van der Waals surface area contributed by atoms with E-state index in [1.165, 1.54) is 0 Å². The molecule has 0 saturated carbocycles. The molecule has 0 heterocycles. The van der Waals surface area contributed by atoms with Crippen LogP contribution in [0.25, 0.3) is 0 Å². The quantitative estimate of drug-likeness (QED) is 0.814. The van der Waals surface area contributed by atoms with E-state index in [0.717, 1.165) is 21.3 Å². The molecular formula is C14H13ClINO. The number of hydrogen-bond acceptors (Lipinski definition) is 2. The Kier molecular flexibility index (Phi) is 4.86. The Morgan fingerprint density at radius 2 is 2.00 bits per heavy atom. The fraction of sp³-hybridized carbons (Fsp3) is 0.143. The van der Waals surface area contributed by atoms with Gasteiger partial charge in [0.25, 0.3) is 0 Å². The summed E-state index contributed by atoms with van der Waals surface area (Å²) in [5.41, 5.74) is 6.64. The Hall–Kier alpha value is -0.780. The molecule has 4 heteroatoms. The first-order chi connectivity index (χ1) is 8.69. The van der Waals surface area contributed by atoms with Crippen LogP contribution in [-0.2, 0) is 6.42 Å². The summed E-state index contributed by atoms with van der Waals surface area (Å²) in [7, 11) is 0. The zero-order valence-corrected chi connectivity index (χ0v) is 12.6. The van der Waals surface area contributed by atoms with E-state index in [1.807, 2.05) is 42.5 Å². The third-order valence-corrected chi connectivity index (χ3v) is 3.42. The van der Waals surface area contributed by atoms with Gasteiger partial charge in [-0.15, -0.1) is 0 Å². The maximum Gasteiger partial charge on any atom is 0.146 e. The number of hydrogen-bond donors (Lipinski definition) is 1. The third-order valence-electron chi connectivity index (χ3n) is 2.45. The molecule has 0 amide bonds. The molecule has 0 atom stereocenters. The van der Waals surface area contributed by atoms with Crippen LogP contribution in [0.2, 0.25) is 5.02 Å². The second kappa shape index (κ2) is 6.41. The van der Waals surface area contributed by atoms with Gasteiger partial charge in [0.2, 0.25) is 0 Å². The molecule has 94 valence electrons. The maximum absolute atomic E-state index is 6.19. The lowest BCUT2D eigenvalue weighted by Gasteiger charge is -2.09. The van der Waals surface area contributed by atoms with E-state index < -0.39 is 0 Å². The van der Waals surface area contributed by atoms with Gasteiger partial charge in [0.1, 0.15) is 11.5 Å². The van der Waals surface area contributed by atoms with Crippen molar-refractivity contribution in [1.82, 2.24) is 0 Å². The molecule has 2 aromatic carbocycles. The van der Waals surface area contributed by atoms with Crippen molar-refractivity contribution in [3.8, 4) is 11.5 Å². The summed E-state index contributed by atoms with van der Waals surface area (Å²) in [5.74, 6) is 1.45. The standard InChI is InChI=1S/C14H13ClINO/c15-13-8-10(6-7-17)4-5-14(13)18-12-3-1-2-11(16)9-12/h1-5,8-9H,6-7,17H2. The number of benzene rings is 2. The molecule has 0 bridgehead atoms. The van der Waals surface area contributed by atoms with Gasteiger partial charge >= 0.3 is 0 Å². The lowest BCUT2D eigenvalue weighted by molar-refractivity contribution is 0.482. The minimum atomic E-state index is 0.611. The first-order valence-corrected chi connectivity index (χ1v) is 7.06. The highest BCUT2D eigenvalue weighted by Gasteiger charge is 2.04. The van der Waals surface area contributed by atoms with Crippen molar-refractivity contribution in [2.45, 2.75) is 6.42 Å². The highest BCUT2D eigenvalue weighted by Crippen LogP contribution is 2.30. The molecule has 2 aromatic rings. The molecule has 0 fully saturated rings. The Labute approximate surface area is 125 Å². The summed E-state index contributed by atoms with van der Waals surface area (Å²) in [6, 6.07) is 13.6. The summed E-state index contributed by atoms with van der Waals surface area (Å²) in [5, 5.41) is 0.611. The van der Waals surface area contributed by atoms with Gasteiger partial charge in [0, 0.05) is 3.57 Å². The highest BCUT2D eigenvalue weighted by atomic mass is 127. The summed E-state index contributed by atoms with van der Waals surface area (Å²) in [6.07, 6.45) is 0.823. The topological polar surface area (TPSA) is 35.2 Å². The van der Waals surface area contributed by atoms with E-state index in [2.05, 4.69) is 22.6 Å². The Morgan fingerprint density at radius 3 is 2.67 bits per heavy atom. The SMILES string of the molecule is NCCc1ccc(Oc2cccc(I)c2)c(Cl)c1.